The normalized spacial score (nSPS) is 11.8. The summed E-state index contributed by atoms with van der Waals surface area (Å²) in [6.07, 6.45) is 1.73. The molecule has 0 atom stereocenters. The Morgan fingerprint density at radius 2 is 1.92 bits per heavy atom. The summed E-state index contributed by atoms with van der Waals surface area (Å²) < 4.78 is 7.64. The van der Waals surface area contributed by atoms with E-state index in [0.717, 1.165) is 15.9 Å². The van der Waals surface area contributed by atoms with E-state index in [9.17, 15) is 4.79 Å². The molecule has 2 heterocycles. The summed E-state index contributed by atoms with van der Waals surface area (Å²) in [4.78, 5) is 16.9. The highest BCUT2D eigenvalue weighted by Gasteiger charge is 2.20. The highest BCUT2D eigenvalue weighted by molar-refractivity contribution is 9.10. The van der Waals surface area contributed by atoms with Crippen LogP contribution in [0.2, 0.25) is 5.02 Å². The summed E-state index contributed by atoms with van der Waals surface area (Å²) >= 11 is 9.78. The van der Waals surface area contributed by atoms with Gasteiger partial charge in [0.1, 0.15) is 15.9 Å². The Kier molecular flexibility index (Phi) is 5.13. The van der Waals surface area contributed by atoms with Gasteiger partial charge in [-0.3, -0.25) is 4.40 Å². The van der Waals surface area contributed by atoms with Gasteiger partial charge >= 0.3 is 5.97 Å². The van der Waals surface area contributed by atoms with E-state index < -0.39 is 5.97 Å². The van der Waals surface area contributed by atoms with Crippen LogP contribution in [0.15, 0.2) is 41.1 Å². The minimum Gasteiger partial charge on any atom is -0.462 e. The van der Waals surface area contributed by atoms with Gasteiger partial charge in [0, 0.05) is 11.8 Å². The molecule has 1 aromatic carbocycles. The summed E-state index contributed by atoms with van der Waals surface area (Å²) in [5.41, 5.74) is 3.89. The van der Waals surface area contributed by atoms with Gasteiger partial charge in [0.15, 0.2) is 5.65 Å². The number of rotatable bonds is 3. The molecule has 0 saturated heterocycles. The van der Waals surface area contributed by atoms with Crippen LogP contribution in [0.1, 0.15) is 43.6 Å². The summed E-state index contributed by atoms with van der Waals surface area (Å²) in [7, 11) is 0. The maximum Gasteiger partial charge on any atom is 0.341 e. The van der Waals surface area contributed by atoms with Gasteiger partial charge in [-0.2, -0.15) is 0 Å². The third kappa shape index (κ3) is 3.51. The van der Waals surface area contributed by atoms with Crippen LogP contribution in [0, 0.1) is 0 Å². The van der Waals surface area contributed by atoms with E-state index in [4.69, 9.17) is 16.3 Å². The molecule has 0 spiro atoms. The molecule has 0 amide bonds. The molecule has 0 aliphatic rings. The minimum atomic E-state index is -0.438. The lowest BCUT2D eigenvalue weighted by Gasteiger charge is -2.18. The molecule has 0 bridgehead atoms. The Balaban J connectivity index is 2.15. The van der Waals surface area contributed by atoms with E-state index in [1.165, 1.54) is 5.56 Å². The molecule has 2 aromatic heterocycles. The molecule has 26 heavy (non-hydrogen) atoms. The first-order chi connectivity index (χ1) is 12.2. The number of benzene rings is 1. The number of halogens is 2. The molecule has 3 aromatic rings. The van der Waals surface area contributed by atoms with E-state index in [0.29, 0.717) is 22.8 Å². The predicted octanol–water partition coefficient (Wildman–Crippen LogP) is 5.89. The van der Waals surface area contributed by atoms with Gasteiger partial charge in [-0.05, 0) is 39.9 Å². The number of carbonyl (C=O) groups is 1. The molecule has 0 saturated carbocycles. The molecule has 0 fully saturated rings. The highest BCUT2D eigenvalue weighted by atomic mass is 79.9. The number of pyridine rings is 1. The number of hydrogen-bond acceptors (Lipinski definition) is 3. The Labute approximate surface area is 166 Å². The number of fused-ring (bicyclic) bond motifs is 1. The molecule has 3 rings (SSSR count). The summed E-state index contributed by atoms with van der Waals surface area (Å²) in [6.45, 7) is 8.59. The maximum absolute atomic E-state index is 12.3. The third-order valence-electron chi connectivity index (χ3n) is 4.15. The van der Waals surface area contributed by atoms with E-state index in [-0.39, 0.29) is 5.41 Å². The van der Waals surface area contributed by atoms with Crippen molar-refractivity contribution in [3.63, 3.8) is 0 Å². The Morgan fingerprint density at radius 1 is 1.27 bits per heavy atom. The fourth-order valence-corrected chi connectivity index (χ4v) is 3.55. The summed E-state index contributed by atoms with van der Waals surface area (Å²) in [6, 6.07) is 9.87. The second-order valence-corrected chi connectivity index (χ2v) is 8.25. The zero-order valence-corrected chi connectivity index (χ0v) is 17.5. The zero-order valence-electron chi connectivity index (χ0n) is 15.1. The SMILES string of the molecule is CCOC(=O)c1cc(Cl)cn2c(Br)c(-c3ccc(C(C)(C)C)cc3)nc12. The molecule has 0 N–H and O–H groups in total. The molecule has 0 unspecified atom stereocenters. The second kappa shape index (κ2) is 7.05. The lowest BCUT2D eigenvalue weighted by Crippen LogP contribution is -2.10. The highest BCUT2D eigenvalue weighted by Crippen LogP contribution is 2.33. The molecule has 6 heteroatoms. The Hall–Kier alpha value is -1.85. The second-order valence-electron chi connectivity index (χ2n) is 7.06. The Morgan fingerprint density at radius 3 is 2.50 bits per heavy atom. The van der Waals surface area contributed by atoms with E-state index in [2.05, 4.69) is 53.8 Å². The van der Waals surface area contributed by atoms with Gasteiger partial charge in [0.25, 0.3) is 0 Å². The van der Waals surface area contributed by atoms with Crippen molar-refractivity contribution in [3.05, 3.63) is 57.3 Å². The van der Waals surface area contributed by atoms with Crippen LogP contribution in [0.25, 0.3) is 16.9 Å². The van der Waals surface area contributed by atoms with Gasteiger partial charge < -0.3 is 4.74 Å². The van der Waals surface area contributed by atoms with Gasteiger partial charge in [0.05, 0.1) is 11.6 Å². The van der Waals surface area contributed by atoms with Crippen LogP contribution in [0.3, 0.4) is 0 Å². The van der Waals surface area contributed by atoms with Crippen molar-refractivity contribution in [2.45, 2.75) is 33.1 Å². The van der Waals surface area contributed by atoms with Crippen molar-refractivity contribution >= 4 is 39.1 Å². The number of ether oxygens (including phenoxy) is 1. The standard InChI is InChI=1S/C20H20BrClN2O2/c1-5-26-19(25)15-10-14(22)11-24-17(21)16(23-18(15)24)12-6-8-13(9-7-12)20(2,3)4/h6-11H,5H2,1-4H3. The number of hydrogen-bond donors (Lipinski definition) is 0. The summed E-state index contributed by atoms with van der Waals surface area (Å²) in [5, 5.41) is 0.438. The molecule has 0 aliphatic heterocycles. The number of nitrogens with zero attached hydrogens (tertiary/aromatic N) is 2. The minimum absolute atomic E-state index is 0.0826. The van der Waals surface area contributed by atoms with Crippen LogP contribution in [0.5, 0.6) is 0 Å². The quantitative estimate of drug-likeness (QED) is 0.482. The summed E-state index contributed by atoms with van der Waals surface area (Å²) in [5.74, 6) is -0.438. The molecule has 0 aliphatic carbocycles. The van der Waals surface area contributed by atoms with E-state index >= 15 is 0 Å². The largest absolute Gasteiger partial charge is 0.462 e. The first-order valence-corrected chi connectivity index (χ1v) is 9.54. The van der Waals surface area contributed by atoms with Crippen LogP contribution < -0.4 is 0 Å². The first-order valence-electron chi connectivity index (χ1n) is 8.37. The molecule has 0 radical (unpaired) electrons. The average molecular weight is 436 g/mol. The molecule has 4 nitrogen and oxygen atoms in total. The van der Waals surface area contributed by atoms with Gasteiger partial charge in [0.2, 0.25) is 0 Å². The van der Waals surface area contributed by atoms with Crippen molar-refractivity contribution in [1.82, 2.24) is 9.38 Å². The topological polar surface area (TPSA) is 43.6 Å². The van der Waals surface area contributed by atoms with Crippen molar-refractivity contribution in [3.8, 4) is 11.3 Å². The van der Waals surface area contributed by atoms with Gasteiger partial charge in [-0.15, -0.1) is 0 Å². The van der Waals surface area contributed by atoms with Crippen molar-refractivity contribution in [2.75, 3.05) is 6.61 Å². The number of esters is 1. The smallest absolute Gasteiger partial charge is 0.341 e. The van der Waals surface area contributed by atoms with Crippen molar-refractivity contribution in [1.29, 1.82) is 0 Å². The molecular weight excluding hydrogens is 416 g/mol. The fourth-order valence-electron chi connectivity index (χ4n) is 2.75. The van der Waals surface area contributed by atoms with Crippen molar-refractivity contribution < 1.29 is 9.53 Å². The van der Waals surface area contributed by atoms with Crippen LogP contribution in [-0.4, -0.2) is 22.0 Å². The monoisotopic (exact) mass is 434 g/mol. The Bertz CT molecular complexity index is 972. The van der Waals surface area contributed by atoms with E-state index in [1.807, 2.05) is 12.1 Å². The van der Waals surface area contributed by atoms with Crippen molar-refractivity contribution in [2.24, 2.45) is 0 Å². The zero-order chi connectivity index (χ0) is 19.1. The van der Waals surface area contributed by atoms with Crippen LogP contribution >= 0.6 is 27.5 Å². The molecule has 136 valence electrons. The van der Waals surface area contributed by atoms with Crippen LogP contribution in [0.4, 0.5) is 0 Å². The van der Waals surface area contributed by atoms with Gasteiger partial charge in [-0.1, -0.05) is 56.6 Å². The van der Waals surface area contributed by atoms with E-state index in [1.54, 1.807) is 23.6 Å². The first kappa shape index (κ1) is 18.9. The third-order valence-corrected chi connectivity index (χ3v) is 5.11. The average Bonchev–Trinajstić information content (AvgIpc) is 2.91. The number of carbonyl (C=O) groups excluding carboxylic acids is 1. The fraction of sp³-hybridized carbons (Fsp3) is 0.300. The number of imidazole rings is 1. The predicted molar refractivity (Wildman–Crippen MR) is 108 cm³/mol. The maximum atomic E-state index is 12.3. The lowest BCUT2D eigenvalue weighted by molar-refractivity contribution is 0.0528. The van der Waals surface area contributed by atoms with Gasteiger partial charge in [-0.25, -0.2) is 9.78 Å². The molecular formula is C20H20BrClN2O2. The van der Waals surface area contributed by atoms with Crippen LogP contribution in [-0.2, 0) is 10.2 Å². The number of aromatic nitrogens is 2. The lowest BCUT2D eigenvalue weighted by atomic mass is 9.86.